The van der Waals surface area contributed by atoms with Gasteiger partial charge in [-0.3, -0.25) is 0 Å². The van der Waals surface area contributed by atoms with Gasteiger partial charge in [-0.15, -0.1) is 0 Å². The van der Waals surface area contributed by atoms with E-state index in [-0.39, 0.29) is 48.0 Å². The first-order chi connectivity index (χ1) is 32.1. The fourth-order valence-corrected chi connectivity index (χ4v) is 11.4. The number of benzene rings is 6. The van der Waals surface area contributed by atoms with Crippen LogP contribution in [0.3, 0.4) is 0 Å². The molecule has 0 spiro atoms. The van der Waals surface area contributed by atoms with E-state index < -0.39 is 18.4 Å². The van der Waals surface area contributed by atoms with Crippen molar-refractivity contribution in [2.75, 3.05) is 0 Å². The molecule has 69 heavy (non-hydrogen) atoms. The molecule has 6 aromatic carbocycles. The third-order valence-electron chi connectivity index (χ3n) is 16.6. The van der Waals surface area contributed by atoms with E-state index in [1.165, 1.54) is 33.0 Å². The van der Waals surface area contributed by atoms with E-state index in [4.69, 9.17) is 13.6 Å². The van der Waals surface area contributed by atoms with Crippen LogP contribution < -0.4 is 13.6 Å². The lowest BCUT2D eigenvalue weighted by molar-refractivity contribution is 0.369. The van der Waals surface area contributed by atoms with Crippen LogP contribution in [0.15, 0.2) is 113 Å². The summed E-state index contributed by atoms with van der Waals surface area (Å²) in [4.78, 5) is 0.232. The molecule has 0 radical (unpaired) electrons. The molecule has 5 nitrogen and oxygen atoms in total. The molecular weight excluding hydrogens is 888 g/mol. The maximum absolute atomic E-state index is 14.5. The Balaban J connectivity index is 1.69. The van der Waals surface area contributed by atoms with Crippen LogP contribution in [-0.4, -0.2) is 8.42 Å². The summed E-state index contributed by atoms with van der Waals surface area (Å²) in [6.07, 6.45) is 5.64. The molecule has 0 fully saturated rings. The minimum absolute atomic E-state index is 0.0182. The number of sulfone groups is 1. The Morgan fingerprint density at radius 3 is 1.13 bits per heavy atom. The topological polar surface area (TPSA) is 61.8 Å². The molecule has 6 rings (SSSR count). The minimum Gasteiger partial charge on any atom is -0.408 e. The zero-order chi connectivity index (χ0) is 51.1. The summed E-state index contributed by atoms with van der Waals surface area (Å²) < 4.78 is 50.8. The number of para-hydroxylation sites is 1. The van der Waals surface area contributed by atoms with Gasteiger partial charge in [0.25, 0.3) is 0 Å². The monoisotopic (exact) mass is 971 g/mol. The number of hydrogen-bond acceptors (Lipinski definition) is 5. The lowest BCUT2D eigenvalue weighted by Gasteiger charge is -2.33. The van der Waals surface area contributed by atoms with Crippen molar-refractivity contribution in [3.63, 3.8) is 0 Å². The Kier molecular flexibility index (Phi) is 15.7. The van der Waals surface area contributed by atoms with Crippen LogP contribution in [0.1, 0.15) is 197 Å². The molecule has 0 amide bonds. The van der Waals surface area contributed by atoms with Gasteiger partial charge in [0.15, 0.2) is 0 Å². The Labute approximate surface area is 419 Å². The van der Waals surface area contributed by atoms with Crippen molar-refractivity contribution in [2.45, 2.75) is 205 Å². The summed E-state index contributed by atoms with van der Waals surface area (Å²) in [6.45, 7) is 41.2. The van der Waals surface area contributed by atoms with Crippen LogP contribution in [0.25, 0.3) is 21.5 Å². The van der Waals surface area contributed by atoms with Crippen molar-refractivity contribution in [2.24, 2.45) is 0 Å². The molecule has 0 aliphatic heterocycles. The Hall–Kier alpha value is -4.38. The van der Waals surface area contributed by atoms with Gasteiger partial charge in [-0.25, -0.2) is 8.42 Å². The molecule has 0 bridgehead atoms. The second kappa shape index (κ2) is 20.0. The average Bonchev–Trinajstić information content (AvgIpc) is 3.32. The normalized spacial score (nSPS) is 13.4. The predicted molar refractivity (Wildman–Crippen MR) is 295 cm³/mol. The van der Waals surface area contributed by atoms with Crippen LogP contribution in [0.2, 0.25) is 0 Å². The summed E-state index contributed by atoms with van der Waals surface area (Å²) >= 11 is 0. The third kappa shape index (κ3) is 10.9. The van der Waals surface area contributed by atoms with Crippen LogP contribution in [0.5, 0.6) is 17.2 Å². The van der Waals surface area contributed by atoms with E-state index in [1.54, 1.807) is 48.5 Å². The summed E-state index contributed by atoms with van der Waals surface area (Å²) in [7, 11) is -6.37. The van der Waals surface area contributed by atoms with Crippen molar-refractivity contribution in [3.05, 3.63) is 137 Å². The quantitative estimate of drug-likeness (QED) is 0.0714. The maximum atomic E-state index is 14.5. The molecule has 0 aliphatic carbocycles. The molecule has 0 N–H and O–H groups in total. The molecular formula is C62H83O5PS. The molecule has 0 unspecified atom stereocenters. The van der Waals surface area contributed by atoms with Gasteiger partial charge in [0, 0.05) is 11.1 Å². The molecule has 6 aromatic rings. The predicted octanol–water partition coefficient (Wildman–Crippen LogP) is 18.7. The lowest BCUT2D eigenvalue weighted by Crippen LogP contribution is -2.22. The van der Waals surface area contributed by atoms with E-state index in [1.807, 2.05) is 6.07 Å². The highest BCUT2D eigenvalue weighted by molar-refractivity contribution is 7.91. The molecule has 372 valence electrons. The SMILES string of the molecule is CCC(C)(C)c1cc(C(C)(C)CC)c2cc(OP(Oc3cc4c(C(C)(C)CC)cc(C(C)(C)CC)cc4cc3C(C)(C)CC)Oc3ccccc3S(=O)(=O)c3ccccc3)c(C(C)(C)CC)cc2c1. The van der Waals surface area contributed by atoms with Gasteiger partial charge in [-0.2, -0.15) is 0 Å². The zero-order valence-electron chi connectivity index (χ0n) is 45.5. The lowest BCUT2D eigenvalue weighted by atomic mass is 9.73. The highest BCUT2D eigenvalue weighted by Crippen LogP contribution is 2.53. The van der Waals surface area contributed by atoms with Gasteiger partial charge < -0.3 is 13.6 Å². The highest BCUT2D eigenvalue weighted by Gasteiger charge is 2.36. The zero-order valence-corrected chi connectivity index (χ0v) is 47.2. The summed E-state index contributed by atoms with van der Waals surface area (Å²) in [5, 5.41) is 4.61. The number of hydrogen-bond donors (Lipinski definition) is 0. The van der Waals surface area contributed by atoms with Gasteiger partial charge in [-0.05, 0) is 163 Å². The Bertz CT molecular complexity index is 2760. The first-order valence-electron chi connectivity index (χ1n) is 25.6. The summed E-state index contributed by atoms with van der Waals surface area (Å²) in [6, 6.07) is 34.1. The van der Waals surface area contributed by atoms with Gasteiger partial charge in [0.05, 0.1) is 4.90 Å². The molecule has 0 heterocycles. The summed E-state index contributed by atoms with van der Waals surface area (Å²) in [5.74, 6) is 1.49. The van der Waals surface area contributed by atoms with Gasteiger partial charge >= 0.3 is 8.60 Å². The molecule has 0 aliphatic rings. The van der Waals surface area contributed by atoms with Gasteiger partial charge in [0.1, 0.15) is 22.1 Å². The molecule has 7 heteroatoms. The van der Waals surface area contributed by atoms with Crippen LogP contribution >= 0.6 is 8.60 Å². The second-order valence-corrected chi connectivity index (χ2v) is 26.3. The van der Waals surface area contributed by atoms with E-state index in [0.717, 1.165) is 60.4 Å². The van der Waals surface area contributed by atoms with Crippen molar-refractivity contribution >= 4 is 40.0 Å². The van der Waals surface area contributed by atoms with E-state index >= 15 is 0 Å². The molecule has 0 saturated heterocycles. The van der Waals surface area contributed by atoms with Crippen LogP contribution in [0.4, 0.5) is 0 Å². The minimum atomic E-state index is -4.00. The fourth-order valence-electron chi connectivity index (χ4n) is 8.83. The molecule has 0 atom stereocenters. The second-order valence-electron chi connectivity index (χ2n) is 23.4. The van der Waals surface area contributed by atoms with Crippen molar-refractivity contribution in [1.82, 2.24) is 0 Å². The van der Waals surface area contributed by atoms with E-state index in [0.29, 0.717) is 11.5 Å². The van der Waals surface area contributed by atoms with Crippen LogP contribution in [0, 0.1) is 0 Å². The fraction of sp³-hybridized carbons (Fsp3) is 0.484. The van der Waals surface area contributed by atoms with Gasteiger partial charge in [0.2, 0.25) is 9.84 Å². The largest absolute Gasteiger partial charge is 0.530 e. The maximum Gasteiger partial charge on any atom is 0.530 e. The molecule has 0 saturated carbocycles. The Morgan fingerprint density at radius 2 is 0.739 bits per heavy atom. The average molecular weight is 971 g/mol. The first-order valence-corrected chi connectivity index (χ1v) is 28.2. The highest BCUT2D eigenvalue weighted by atomic mass is 32.2. The summed E-state index contributed by atoms with van der Waals surface area (Å²) in [5.41, 5.74) is 6.35. The van der Waals surface area contributed by atoms with Gasteiger partial charge in [-0.1, -0.05) is 179 Å². The van der Waals surface area contributed by atoms with Crippen molar-refractivity contribution in [1.29, 1.82) is 0 Å². The van der Waals surface area contributed by atoms with Crippen molar-refractivity contribution in [3.8, 4) is 17.2 Å². The number of rotatable bonds is 20. The Morgan fingerprint density at radius 1 is 0.391 bits per heavy atom. The first kappa shape index (κ1) is 54.0. The third-order valence-corrected chi connectivity index (χ3v) is 19.4. The molecule has 0 aromatic heterocycles. The van der Waals surface area contributed by atoms with Crippen LogP contribution in [-0.2, 0) is 42.3 Å². The van der Waals surface area contributed by atoms with E-state index in [2.05, 4.69) is 173 Å². The number of fused-ring (bicyclic) bond motifs is 2. The van der Waals surface area contributed by atoms with E-state index in [9.17, 15) is 8.42 Å². The van der Waals surface area contributed by atoms with Crippen molar-refractivity contribution < 1.29 is 22.0 Å². The standard InChI is InChI=1S/C62H83O5PS/c1-19-57(7,8)44-34-42-36-51(61(15,16)23-5)54(40-47(42)49(38-44)59(11,12)21-3)66-68(65-53-32-28-29-33-56(53)69(63,64)46-30-26-25-27-31-46)67-55-41-48-43(37-52(55)62(17,18)24-6)35-45(58(9,10)20-2)39-50(48)60(13,14)22-4/h25-41H,19-24H2,1-18H3. The smallest absolute Gasteiger partial charge is 0.408 e.